The van der Waals surface area contributed by atoms with Crippen molar-refractivity contribution in [2.24, 2.45) is 0 Å². The molecule has 0 spiro atoms. The number of hydrogen-bond donors (Lipinski definition) is 1. The third-order valence-electron chi connectivity index (χ3n) is 6.23. The molecule has 0 aromatic heterocycles. The Labute approximate surface area is 164 Å². The van der Waals surface area contributed by atoms with Gasteiger partial charge in [0.1, 0.15) is 5.82 Å². The number of halogens is 1. The van der Waals surface area contributed by atoms with Crippen LogP contribution in [0.15, 0.2) is 42.5 Å². The number of esters is 1. The van der Waals surface area contributed by atoms with E-state index in [1.54, 1.807) is 24.3 Å². The van der Waals surface area contributed by atoms with Crippen molar-refractivity contribution in [3.05, 3.63) is 70.5 Å². The number of carbonyl (C=O) groups excluding carboxylic acids is 2. The normalized spacial score (nSPS) is 19.9. The van der Waals surface area contributed by atoms with Crippen molar-refractivity contribution in [2.45, 2.75) is 50.0 Å². The van der Waals surface area contributed by atoms with E-state index in [1.165, 1.54) is 13.2 Å². The van der Waals surface area contributed by atoms with Crippen LogP contribution in [0.5, 0.6) is 0 Å². The summed E-state index contributed by atoms with van der Waals surface area (Å²) < 4.78 is 19.4. The summed E-state index contributed by atoms with van der Waals surface area (Å²) in [6, 6.07) is 11.9. The topological polar surface area (TPSA) is 55.4 Å². The highest BCUT2D eigenvalue weighted by atomic mass is 19.1. The molecule has 4 nitrogen and oxygen atoms in total. The molecule has 1 atom stereocenters. The van der Waals surface area contributed by atoms with Gasteiger partial charge in [-0.1, -0.05) is 37.1 Å². The lowest BCUT2D eigenvalue weighted by Gasteiger charge is -2.30. The largest absolute Gasteiger partial charge is 0.465 e. The highest BCUT2D eigenvalue weighted by Gasteiger charge is 2.45. The Balaban J connectivity index is 1.62. The highest BCUT2D eigenvalue weighted by molar-refractivity contribution is 5.91. The molecule has 2 aromatic carbocycles. The van der Waals surface area contributed by atoms with E-state index < -0.39 is 11.4 Å². The van der Waals surface area contributed by atoms with Gasteiger partial charge in [-0.05, 0) is 55.0 Å². The van der Waals surface area contributed by atoms with Crippen molar-refractivity contribution in [1.29, 1.82) is 0 Å². The van der Waals surface area contributed by atoms with Crippen molar-refractivity contribution < 1.29 is 18.7 Å². The van der Waals surface area contributed by atoms with E-state index in [0.717, 1.165) is 36.8 Å². The quantitative estimate of drug-likeness (QED) is 0.807. The number of fused-ring (bicyclic) bond motifs is 1. The molecule has 28 heavy (non-hydrogen) atoms. The Morgan fingerprint density at radius 2 is 1.89 bits per heavy atom. The van der Waals surface area contributed by atoms with E-state index in [1.807, 2.05) is 12.1 Å². The maximum absolute atomic E-state index is 14.5. The van der Waals surface area contributed by atoms with Gasteiger partial charge in [0.2, 0.25) is 5.91 Å². The molecule has 2 aromatic rings. The third-order valence-corrected chi connectivity index (χ3v) is 6.23. The molecule has 1 fully saturated rings. The fourth-order valence-corrected chi connectivity index (χ4v) is 4.74. The van der Waals surface area contributed by atoms with E-state index in [0.29, 0.717) is 24.0 Å². The lowest BCUT2D eigenvalue weighted by molar-refractivity contribution is -0.127. The minimum atomic E-state index is -0.811. The Hall–Kier alpha value is -2.69. The van der Waals surface area contributed by atoms with Crippen LogP contribution in [-0.4, -0.2) is 19.0 Å². The van der Waals surface area contributed by atoms with Crippen LogP contribution in [0.4, 0.5) is 4.39 Å². The molecule has 2 aliphatic rings. The molecule has 0 aliphatic heterocycles. The van der Waals surface area contributed by atoms with Crippen LogP contribution < -0.4 is 5.32 Å². The smallest absolute Gasteiger partial charge is 0.337 e. The molecule has 0 radical (unpaired) electrons. The second kappa shape index (κ2) is 7.38. The van der Waals surface area contributed by atoms with Gasteiger partial charge in [0, 0.05) is 5.56 Å². The fraction of sp³-hybridized carbons (Fsp3) is 0.391. The van der Waals surface area contributed by atoms with Crippen LogP contribution in [0, 0.1) is 5.82 Å². The van der Waals surface area contributed by atoms with Gasteiger partial charge >= 0.3 is 5.97 Å². The zero-order valence-electron chi connectivity index (χ0n) is 16.0. The zero-order valence-corrected chi connectivity index (χ0v) is 16.0. The summed E-state index contributed by atoms with van der Waals surface area (Å²) in [5, 5.41) is 3.17. The molecule has 1 saturated carbocycles. The van der Waals surface area contributed by atoms with Crippen molar-refractivity contribution in [3.8, 4) is 0 Å². The molecule has 0 unspecified atom stereocenters. The molecule has 1 N–H and O–H groups in total. The zero-order chi connectivity index (χ0) is 19.7. The number of ether oxygens (including phenoxy) is 1. The molecule has 0 saturated heterocycles. The molecule has 4 rings (SSSR count). The minimum absolute atomic E-state index is 0.114. The van der Waals surface area contributed by atoms with Gasteiger partial charge in [-0.15, -0.1) is 0 Å². The predicted octanol–water partition coefficient (Wildman–Crippen LogP) is 4.23. The lowest BCUT2D eigenvalue weighted by atomic mass is 9.77. The van der Waals surface area contributed by atoms with Gasteiger partial charge in [-0.3, -0.25) is 4.79 Å². The van der Waals surface area contributed by atoms with Crippen molar-refractivity contribution in [2.75, 3.05) is 7.11 Å². The average Bonchev–Trinajstić information content (AvgIpc) is 3.36. The first-order valence-corrected chi connectivity index (χ1v) is 9.82. The number of aryl methyl sites for hydroxylation is 1. The number of benzene rings is 2. The van der Waals surface area contributed by atoms with Gasteiger partial charge in [-0.25, -0.2) is 9.18 Å². The van der Waals surface area contributed by atoms with Crippen molar-refractivity contribution in [3.63, 3.8) is 0 Å². The maximum Gasteiger partial charge on any atom is 0.337 e. The van der Waals surface area contributed by atoms with E-state index in [2.05, 4.69) is 5.32 Å². The summed E-state index contributed by atoms with van der Waals surface area (Å²) in [6.45, 7) is 0. The van der Waals surface area contributed by atoms with E-state index in [4.69, 9.17) is 4.74 Å². The van der Waals surface area contributed by atoms with Gasteiger partial charge in [0.05, 0.1) is 24.1 Å². The molecule has 0 bridgehead atoms. The van der Waals surface area contributed by atoms with Crippen LogP contribution in [0.25, 0.3) is 0 Å². The number of methoxy groups -OCH3 is 1. The summed E-state index contributed by atoms with van der Waals surface area (Å²) in [7, 11) is 1.35. The Morgan fingerprint density at radius 3 is 2.61 bits per heavy atom. The van der Waals surface area contributed by atoms with Gasteiger partial charge in [0.25, 0.3) is 0 Å². The average molecular weight is 381 g/mol. The minimum Gasteiger partial charge on any atom is -0.465 e. The van der Waals surface area contributed by atoms with Gasteiger partial charge in [0.15, 0.2) is 0 Å². The van der Waals surface area contributed by atoms with E-state index in [9.17, 15) is 14.0 Å². The first kappa shape index (κ1) is 18.7. The molecular weight excluding hydrogens is 357 g/mol. The Kier molecular flexibility index (Phi) is 4.92. The number of carbonyl (C=O) groups is 2. The maximum atomic E-state index is 14.5. The van der Waals surface area contributed by atoms with Crippen LogP contribution in [0.2, 0.25) is 0 Å². The van der Waals surface area contributed by atoms with E-state index in [-0.39, 0.29) is 17.8 Å². The summed E-state index contributed by atoms with van der Waals surface area (Å²) in [4.78, 5) is 25.3. The van der Waals surface area contributed by atoms with E-state index >= 15 is 0 Å². The summed E-state index contributed by atoms with van der Waals surface area (Å²) in [5.74, 6) is -0.825. The second-order valence-electron chi connectivity index (χ2n) is 7.74. The fourth-order valence-electron chi connectivity index (χ4n) is 4.74. The van der Waals surface area contributed by atoms with Gasteiger partial charge in [-0.2, -0.15) is 0 Å². The molecule has 1 amide bonds. The second-order valence-corrected chi connectivity index (χ2v) is 7.74. The summed E-state index contributed by atoms with van der Waals surface area (Å²) in [6.07, 6.45) is 4.75. The van der Waals surface area contributed by atoms with Crippen LogP contribution in [-0.2, 0) is 21.4 Å². The summed E-state index contributed by atoms with van der Waals surface area (Å²) in [5.41, 5.74) is 2.24. The Morgan fingerprint density at radius 1 is 1.14 bits per heavy atom. The number of amides is 1. The molecular formula is C23H24FNO3. The van der Waals surface area contributed by atoms with Crippen molar-refractivity contribution >= 4 is 11.9 Å². The lowest BCUT2D eigenvalue weighted by Crippen LogP contribution is -2.44. The number of hydrogen-bond acceptors (Lipinski definition) is 3. The molecule has 0 heterocycles. The Bertz CT molecular complexity index is 918. The van der Waals surface area contributed by atoms with Crippen LogP contribution >= 0.6 is 0 Å². The highest BCUT2D eigenvalue weighted by Crippen LogP contribution is 2.43. The molecule has 2 aliphatic carbocycles. The monoisotopic (exact) mass is 381 g/mol. The first-order chi connectivity index (χ1) is 13.5. The SMILES string of the molecule is COC(=O)c1ccc2c(c1)[C@H](NC(=O)C1(c3ccccc3F)CCCC1)CC2. The van der Waals surface area contributed by atoms with Gasteiger partial charge < -0.3 is 10.1 Å². The van der Waals surface area contributed by atoms with Crippen LogP contribution in [0.1, 0.15) is 65.2 Å². The number of rotatable bonds is 4. The summed E-state index contributed by atoms with van der Waals surface area (Å²) >= 11 is 0. The predicted molar refractivity (Wildman–Crippen MR) is 104 cm³/mol. The van der Waals surface area contributed by atoms with Crippen molar-refractivity contribution in [1.82, 2.24) is 5.32 Å². The molecule has 146 valence electrons. The van der Waals surface area contributed by atoms with Crippen LogP contribution in [0.3, 0.4) is 0 Å². The first-order valence-electron chi connectivity index (χ1n) is 9.82. The molecule has 5 heteroatoms. The third kappa shape index (κ3) is 3.09. The number of nitrogens with one attached hydrogen (secondary N) is 1. The standard InChI is InChI=1S/C23H24FNO3/c1-28-21(26)16-9-8-15-10-11-20(17(15)14-16)25-22(27)23(12-4-5-13-23)18-6-2-3-7-19(18)24/h2-3,6-9,14,20H,4-5,10-13H2,1H3,(H,25,27)/t20-/m1/s1.